The molecule has 4 rings (SSSR count). The summed E-state index contributed by atoms with van der Waals surface area (Å²) in [6, 6.07) is 18.0. The first-order chi connectivity index (χ1) is 16.7. The number of rotatable bonds is 5. The van der Waals surface area contributed by atoms with Gasteiger partial charge in [0.15, 0.2) is 8.03 Å². The highest BCUT2D eigenvalue weighted by Gasteiger charge is 2.29. The maximum Gasteiger partial charge on any atom is 0.258 e. The van der Waals surface area contributed by atoms with Gasteiger partial charge in [-0.2, -0.15) is 0 Å². The lowest BCUT2D eigenvalue weighted by molar-refractivity contribution is 0.0985. The fraction of sp³-hybridized carbons (Fsp3) is 0.259. The standard InChI is InChI=1S/C27H28ClN2O4P/c1-17-7-4-5-8-21(17)26(31)29-20-11-12-22(18(2)15-20)27(32)30-14-6-9-25(34-35(3)33)23-16-19(28)10-13-24(23)30/h4-5,7-8,10-13,15-16,25,35H,6,9,14H2,1-3H3,(H,29,31). The van der Waals surface area contributed by atoms with E-state index < -0.39 is 8.03 Å². The van der Waals surface area contributed by atoms with Gasteiger partial charge >= 0.3 is 0 Å². The van der Waals surface area contributed by atoms with E-state index >= 15 is 0 Å². The van der Waals surface area contributed by atoms with Gasteiger partial charge < -0.3 is 14.7 Å². The van der Waals surface area contributed by atoms with Gasteiger partial charge in [-0.05, 0) is 80.3 Å². The Labute approximate surface area is 211 Å². The lowest BCUT2D eigenvalue weighted by Crippen LogP contribution is -2.32. The van der Waals surface area contributed by atoms with E-state index in [1.807, 2.05) is 38.1 Å². The molecule has 0 aromatic heterocycles. The zero-order chi connectivity index (χ0) is 25.1. The number of halogens is 1. The second-order valence-corrected chi connectivity index (χ2v) is 10.4. The smallest absolute Gasteiger partial charge is 0.258 e. The minimum atomic E-state index is -2.17. The van der Waals surface area contributed by atoms with Crippen molar-refractivity contribution in [3.63, 3.8) is 0 Å². The van der Waals surface area contributed by atoms with Gasteiger partial charge in [0.2, 0.25) is 0 Å². The normalized spacial score (nSPS) is 16.2. The Morgan fingerprint density at radius 2 is 1.80 bits per heavy atom. The van der Waals surface area contributed by atoms with E-state index in [1.54, 1.807) is 48.0 Å². The van der Waals surface area contributed by atoms with E-state index in [4.69, 9.17) is 16.1 Å². The van der Waals surface area contributed by atoms with E-state index in [-0.39, 0.29) is 17.9 Å². The summed E-state index contributed by atoms with van der Waals surface area (Å²) in [7, 11) is -2.17. The molecule has 0 saturated carbocycles. The quantitative estimate of drug-likeness (QED) is 0.382. The van der Waals surface area contributed by atoms with E-state index in [9.17, 15) is 14.2 Å². The van der Waals surface area contributed by atoms with Gasteiger partial charge in [-0.25, -0.2) is 0 Å². The first kappa shape index (κ1) is 25.2. The number of hydrogen-bond acceptors (Lipinski definition) is 4. The molecule has 0 saturated heterocycles. The molecule has 35 heavy (non-hydrogen) atoms. The number of amides is 2. The van der Waals surface area contributed by atoms with E-state index in [0.717, 1.165) is 16.7 Å². The predicted octanol–water partition coefficient (Wildman–Crippen LogP) is 6.81. The van der Waals surface area contributed by atoms with Crippen molar-refractivity contribution < 1.29 is 18.7 Å². The van der Waals surface area contributed by atoms with Crippen molar-refractivity contribution in [3.8, 4) is 0 Å². The Morgan fingerprint density at radius 1 is 1.03 bits per heavy atom. The van der Waals surface area contributed by atoms with Crippen LogP contribution in [0.2, 0.25) is 5.02 Å². The average molecular weight is 511 g/mol. The Bertz CT molecular complexity index is 1310. The molecule has 3 aromatic rings. The summed E-state index contributed by atoms with van der Waals surface area (Å²) >= 11 is 6.25. The van der Waals surface area contributed by atoms with Gasteiger partial charge in [-0.15, -0.1) is 0 Å². The molecule has 2 atom stereocenters. The predicted molar refractivity (Wildman–Crippen MR) is 141 cm³/mol. The fourth-order valence-electron chi connectivity index (χ4n) is 4.43. The Balaban J connectivity index is 1.60. The van der Waals surface area contributed by atoms with Gasteiger partial charge in [-0.1, -0.05) is 29.8 Å². The summed E-state index contributed by atoms with van der Waals surface area (Å²) in [6.45, 7) is 5.81. The Hall–Kier alpha value is -2.92. The van der Waals surface area contributed by atoms with Crippen LogP contribution >= 0.6 is 19.6 Å². The third kappa shape index (κ3) is 5.67. The Kier molecular flexibility index (Phi) is 7.75. The number of carbonyl (C=O) groups is 2. The van der Waals surface area contributed by atoms with Crippen molar-refractivity contribution in [2.45, 2.75) is 32.8 Å². The molecule has 6 nitrogen and oxygen atoms in total. The summed E-state index contributed by atoms with van der Waals surface area (Å²) in [5.74, 6) is -0.339. The molecular weight excluding hydrogens is 483 g/mol. The van der Waals surface area contributed by atoms with Crippen LogP contribution in [0.25, 0.3) is 0 Å². The van der Waals surface area contributed by atoms with Crippen molar-refractivity contribution in [2.24, 2.45) is 0 Å². The molecule has 0 aliphatic carbocycles. The monoisotopic (exact) mass is 510 g/mol. The van der Waals surface area contributed by atoms with Crippen LogP contribution in [0.5, 0.6) is 0 Å². The fourth-order valence-corrected chi connectivity index (χ4v) is 5.25. The zero-order valence-corrected chi connectivity index (χ0v) is 21.7. The molecule has 182 valence electrons. The van der Waals surface area contributed by atoms with Crippen LogP contribution < -0.4 is 10.2 Å². The number of carbonyl (C=O) groups excluding carboxylic acids is 2. The molecule has 1 aliphatic rings. The molecule has 0 spiro atoms. The summed E-state index contributed by atoms with van der Waals surface area (Å²) in [4.78, 5) is 28.1. The minimum absolute atomic E-state index is 0.146. The average Bonchev–Trinajstić information content (AvgIpc) is 2.98. The highest BCUT2D eigenvalue weighted by atomic mass is 35.5. The van der Waals surface area contributed by atoms with Gasteiger partial charge in [0.05, 0.1) is 6.10 Å². The molecule has 3 aromatic carbocycles. The van der Waals surface area contributed by atoms with Crippen LogP contribution in [0.15, 0.2) is 60.7 Å². The molecule has 1 aliphatic heterocycles. The van der Waals surface area contributed by atoms with Crippen LogP contribution in [-0.2, 0) is 9.09 Å². The molecule has 0 radical (unpaired) electrons. The number of aryl methyl sites for hydroxylation is 2. The van der Waals surface area contributed by atoms with E-state index in [2.05, 4.69) is 5.32 Å². The number of anilines is 2. The molecule has 8 heteroatoms. The van der Waals surface area contributed by atoms with Gasteiger partial charge in [0.25, 0.3) is 11.8 Å². The van der Waals surface area contributed by atoms with Crippen LogP contribution in [0, 0.1) is 13.8 Å². The summed E-state index contributed by atoms with van der Waals surface area (Å²) < 4.78 is 17.6. The van der Waals surface area contributed by atoms with Crippen molar-refractivity contribution in [2.75, 3.05) is 23.4 Å². The number of nitrogens with one attached hydrogen (secondary N) is 1. The highest BCUT2D eigenvalue weighted by molar-refractivity contribution is 7.38. The Morgan fingerprint density at radius 3 is 2.51 bits per heavy atom. The number of benzene rings is 3. The maximum absolute atomic E-state index is 13.7. The number of hydrogen-bond donors (Lipinski definition) is 1. The zero-order valence-electron chi connectivity index (χ0n) is 19.9. The molecular formula is C27H28ClN2O4P. The lowest BCUT2D eigenvalue weighted by atomic mass is 10.0. The number of nitrogens with zero attached hydrogens (tertiary/aromatic N) is 1. The van der Waals surface area contributed by atoms with Gasteiger partial charge in [0.1, 0.15) is 0 Å². The maximum atomic E-state index is 13.7. The van der Waals surface area contributed by atoms with Crippen LogP contribution in [-0.4, -0.2) is 25.0 Å². The first-order valence-corrected chi connectivity index (χ1v) is 13.7. The SMILES string of the molecule is Cc1ccccc1C(=O)Nc1ccc(C(=O)N2CCCC(O[PH](C)=O)c3cc(Cl)ccc32)c(C)c1. The van der Waals surface area contributed by atoms with Crippen LogP contribution in [0.3, 0.4) is 0 Å². The van der Waals surface area contributed by atoms with Crippen LogP contribution in [0.1, 0.15) is 56.4 Å². The van der Waals surface area contributed by atoms with E-state index in [1.165, 1.54) is 0 Å². The first-order valence-electron chi connectivity index (χ1n) is 11.5. The van der Waals surface area contributed by atoms with Gasteiger partial charge in [-0.3, -0.25) is 14.2 Å². The van der Waals surface area contributed by atoms with Crippen molar-refractivity contribution in [1.82, 2.24) is 0 Å². The largest absolute Gasteiger partial charge is 0.322 e. The molecule has 2 unspecified atom stereocenters. The van der Waals surface area contributed by atoms with Crippen molar-refractivity contribution in [3.05, 3.63) is 93.5 Å². The summed E-state index contributed by atoms with van der Waals surface area (Å²) in [5.41, 5.74) is 4.90. The molecule has 0 bridgehead atoms. The van der Waals surface area contributed by atoms with E-state index in [0.29, 0.717) is 46.9 Å². The third-order valence-electron chi connectivity index (χ3n) is 6.13. The molecule has 2 amide bonds. The van der Waals surface area contributed by atoms with Gasteiger partial charge in [0, 0.05) is 46.3 Å². The highest BCUT2D eigenvalue weighted by Crippen LogP contribution is 2.41. The topological polar surface area (TPSA) is 75.7 Å². The molecule has 0 fully saturated rings. The van der Waals surface area contributed by atoms with Crippen molar-refractivity contribution in [1.29, 1.82) is 0 Å². The third-order valence-corrected chi connectivity index (χ3v) is 6.98. The summed E-state index contributed by atoms with van der Waals surface area (Å²) in [6.07, 6.45) is 0.962. The molecule has 1 N–H and O–H groups in total. The lowest BCUT2D eigenvalue weighted by Gasteiger charge is -2.25. The van der Waals surface area contributed by atoms with Crippen molar-refractivity contribution >= 4 is 42.8 Å². The minimum Gasteiger partial charge on any atom is -0.322 e. The number of fused-ring (bicyclic) bond motifs is 1. The summed E-state index contributed by atoms with van der Waals surface area (Å²) in [5, 5.41) is 3.45. The molecule has 1 heterocycles. The second kappa shape index (κ2) is 10.8. The van der Waals surface area contributed by atoms with Crippen LogP contribution in [0.4, 0.5) is 11.4 Å². The second-order valence-electron chi connectivity index (χ2n) is 8.70.